The number of carbonyl (C=O) groups is 2. The van der Waals surface area contributed by atoms with Crippen LogP contribution in [0.3, 0.4) is 0 Å². The van der Waals surface area contributed by atoms with Gasteiger partial charge < -0.3 is 5.32 Å². The highest BCUT2D eigenvalue weighted by Gasteiger charge is 2.31. The van der Waals surface area contributed by atoms with E-state index in [1.807, 2.05) is 30.3 Å². The van der Waals surface area contributed by atoms with Crippen LogP contribution in [0.5, 0.6) is 0 Å². The van der Waals surface area contributed by atoms with E-state index in [0.717, 1.165) is 25.7 Å². The van der Waals surface area contributed by atoms with E-state index in [0.29, 0.717) is 5.69 Å². The summed E-state index contributed by atoms with van der Waals surface area (Å²) in [7, 11) is 0. The Morgan fingerprint density at radius 2 is 1.91 bits per heavy atom. The van der Waals surface area contributed by atoms with Crippen molar-refractivity contribution in [3.8, 4) is 0 Å². The monoisotopic (exact) mass is 314 g/mol. The van der Waals surface area contributed by atoms with E-state index in [-0.39, 0.29) is 23.7 Å². The Kier molecular flexibility index (Phi) is 4.60. The van der Waals surface area contributed by atoms with Crippen LogP contribution in [0.25, 0.3) is 0 Å². The molecule has 23 heavy (non-hydrogen) atoms. The van der Waals surface area contributed by atoms with Gasteiger partial charge in [0.2, 0.25) is 5.84 Å². The number of amidine groups is 1. The van der Waals surface area contributed by atoms with E-state index >= 15 is 0 Å². The molecular weight excluding hydrogens is 292 g/mol. The minimum Gasteiger partial charge on any atom is -0.347 e. The van der Waals surface area contributed by atoms with Crippen LogP contribution in [-0.2, 0) is 9.59 Å². The van der Waals surface area contributed by atoms with Gasteiger partial charge in [-0.25, -0.2) is 10.0 Å². The molecule has 2 N–H and O–H groups in total. The summed E-state index contributed by atoms with van der Waals surface area (Å²) in [5.41, 5.74) is 3.56. The molecule has 0 bridgehead atoms. The van der Waals surface area contributed by atoms with Crippen LogP contribution in [0, 0.1) is 0 Å². The van der Waals surface area contributed by atoms with Gasteiger partial charge in [0.25, 0.3) is 11.8 Å². The van der Waals surface area contributed by atoms with E-state index in [2.05, 4.69) is 15.7 Å². The van der Waals surface area contributed by atoms with Gasteiger partial charge >= 0.3 is 0 Å². The Hall–Kier alpha value is -2.37. The van der Waals surface area contributed by atoms with Crippen molar-refractivity contribution < 1.29 is 9.59 Å². The molecule has 3 rings (SSSR count). The van der Waals surface area contributed by atoms with Crippen molar-refractivity contribution in [3.05, 3.63) is 30.3 Å². The highest BCUT2D eigenvalue weighted by atomic mass is 16.2. The number of carbonyl (C=O) groups excluding carboxylic acids is 2. The molecule has 1 aromatic carbocycles. The second-order valence-electron chi connectivity index (χ2n) is 6.08. The van der Waals surface area contributed by atoms with E-state index < -0.39 is 6.04 Å². The molecule has 6 heteroatoms. The third-order valence-electron chi connectivity index (χ3n) is 4.29. The SMILES string of the molecule is CC1N=C(C(=O)NC2CCCCC2)NN(c2ccccc2)C1=O. The number of amides is 2. The molecule has 1 fully saturated rings. The second-order valence-corrected chi connectivity index (χ2v) is 6.08. The van der Waals surface area contributed by atoms with Gasteiger partial charge in [-0.05, 0) is 31.9 Å². The molecule has 0 aromatic heterocycles. The summed E-state index contributed by atoms with van der Waals surface area (Å²) >= 11 is 0. The van der Waals surface area contributed by atoms with Crippen LogP contribution in [0.2, 0.25) is 0 Å². The molecule has 0 radical (unpaired) electrons. The van der Waals surface area contributed by atoms with Gasteiger partial charge in [0.05, 0.1) is 5.69 Å². The van der Waals surface area contributed by atoms with Crippen molar-refractivity contribution in [1.82, 2.24) is 10.7 Å². The molecule has 6 nitrogen and oxygen atoms in total. The molecule has 1 heterocycles. The van der Waals surface area contributed by atoms with Crippen molar-refractivity contribution in [2.75, 3.05) is 5.01 Å². The molecule has 0 spiro atoms. The van der Waals surface area contributed by atoms with Crippen molar-refractivity contribution in [2.45, 2.75) is 51.1 Å². The van der Waals surface area contributed by atoms with Crippen LogP contribution in [-0.4, -0.2) is 29.7 Å². The summed E-state index contributed by atoms with van der Waals surface area (Å²) in [5, 5.41) is 4.42. The van der Waals surface area contributed by atoms with Gasteiger partial charge in [-0.1, -0.05) is 37.5 Å². The summed E-state index contributed by atoms with van der Waals surface area (Å²) in [6, 6.07) is 8.85. The Morgan fingerprint density at radius 1 is 1.22 bits per heavy atom. The van der Waals surface area contributed by atoms with Crippen molar-refractivity contribution in [1.29, 1.82) is 0 Å². The standard InChI is InChI=1S/C17H22N4O2/c1-12-17(23)21(14-10-6-3-7-11-14)20-15(18-12)16(22)19-13-8-4-2-5-9-13/h3,6-7,10-13H,2,4-5,8-9H2,1H3,(H,18,20)(H,19,22). The zero-order valence-corrected chi connectivity index (χ0v) is 13.3. The van der Waals surface area contributed by atoms with Gasteiger partial charge in [0.1, 0.15) is 6.04 Å². The molecule has 1 aromatic rings. The van der Waals surface area contributed by atoms with Crippen LogP contribution >= 0.6 is 0 Å². The van der Waals surface area contributed by atoms with Crippen LogP contribution in [0.4, 0.5) is 5.69 Å². The Morgan fingerprint density at radius 3 is 2.61 bits per heavy atom. The lowest BCUT2D eigenvalue weighted by Crippen LogP contribution is -2.58. The number of para-hydroxylation sites is 1. The summed E-state index contributed by atoms with van der Waals surface area (Å²) in [4.78, 5) is 29.0. The average molecular weight is 314 g/mol. The first-order chi connectivity index (χ1) is 11.1. The number of rotatable bonds is 3. The normalized spacial score (nSPS) is 22.3. The molecule has 0 saturated heterocycles. The first-order valence-corrected chi connectivity index (χ1v) is 8.19. The topological polar surface area (TPSA) is 73.8 Å². The van der Waals surface area contributed by atoms with Gasteiger partial charge in [0.15, 0.2) is 0 Å². The highest BCUT2D eigenvalue weighted by Crippen LogP contribution is 2.18. The van der Waals surface area contributed by atoms with Crippen molar-refractivity contribution in [3.63, 3.8) is 0 Å². The number of benzene rings is 1. The molecule has 122 valence electrons. The third-order valence-corrected chi connectivity index (χ3v) is 4.29. The lowest BCUT2D eigenvalue weighted by Gasteiger charge is -2.31. The van der Waals surface area contributed by atoms with Crippen LogP contribution < -0.4 is 15.8 Å². The fourth-order valence-electron chi connectivity index (χ4n) is 3.00. The maximum Gasteiger partial charge on any atom is 0.288 e. The van der Waals surface area contributed by atoms with Gasteiger partial charge in [-0.2, -0.15) is 0 Å². The Labute approximate surface area is 135 Å². The number of hydrogen-bond acceptors (Lipinski definition) is 4. The van der Waals surface area contributed by atoms with Crippen LogP contribution in [0.1, 0.15) is 39.0 Å². The van der Waals surface area contributed by atoms with Crippen molar-refractivity contribution in [2.24, 2.45) is 4.99 Å². The zero-order chi connectivity index (χ0) is 16.2. The molecule has 1 unspecified atom stereocenters. The lowest BCUT2D eigenvalue weighted by molar-refractivity contribution is -0.120. The smallest absolute Gasteiger partial charge is 0.288 e. The summed E-state index contributed by atoms with van der Waals surface area (Å²) < 4.78 is 0. The first-order valence-electron chi connectivity index (χ1n) is 8.19. The van der Waals surface area contributed by atoms with Gasteiger partial charge in [0, 0.05) is 6.04 Å². The van der Waals surface area contributed by atoms with E-state index in [4.69, 9.17) is 0 Å². The second kappa shape index (κ2) is 6.81. The first kappa shape index (κ1) is 15.5. The average Bonchev–Trinajstić information content (AvgIpc) is 2.59. The maximum absolute atomic E-state index is 12.5. The molecule has 1 saturated carbocycles. The fourth-order valence-corrected chi connectivity index (χ4v) is 3.00. The number of aliphatic imine (C=N–C) groups is 1. The molecule has 1 atom stereocenters. The highest BCUT2D eigenvalue weighted by molar-refractivity contribution is 6.39. The molecule has 2 aliphatic rings. The van der Waals surface area contributed by atoms with Gasteiger partial charge in [-0.3, -0.25) is 15.0 Å². The zero-order valence-electron chi connectivity index (χ0n) is 13.3. The lowest BCUT2D eigenvalue weighted by atomic mass is 9.95. The summed E-state index contributed by atoms with van der Waals surface area (Å²) in [5.74, 6) is -0.214. The van der Waals surface area contributed by atoms with E-state index in [1.54, 1.807) is 6.92 Å². The fraction of sp³-hybridized carbons (Fsp3) is 0.471. The number of nitrogens with one attached hydrogen (secondary N) is 2. The predicted octanol–water partition coefficient (Wildman–Crippen LogP) is 1.77. The van der Waals surface area contributed by atoms with Crippen molar-refractivity contribution >= 4 is 23.3 Å². The van der Waals surface area contributed by atoms with Gasteiger partial charge in [-0.15, -0.1) is 0 Å². The predicted molar refractivity (Wildman–Crippen MR) is 89.0 cm³/mol. The number of anilines is 1. The molecular formula is C17H22N4O2. The molecule has 1 aliphatic heterocycles. The maximum atomic E-state index is 12.5. The Bertz CT molecular complexity index is 608. The minimum atomic E-state index is -0.580. The summed E-state index contributed by atoms with van der Waals surface area (Å²) in [6.45, 7) is 1.70. The van der Waals surface area contributed by atoms with E-state index in [1.165, 1.54) is 11.4 Å². The van der Waals surface area contributed by atoms with Crippen LogP contribution in [0.15, 0.2) is 35.3 Å². The minimum absolute atomic E-state index is 0.176. The quantitative estimate of drug-likeness (QED) is 0.893. The Balaban J connectivity index is 1.73. The number of nitrogens with zero attached hydrogens (tertiary/aromatic N) is 2. The van der Waals surface area contributed by atoms with E-state index in [9.17, 15) is 9.59 Å². The third kappa shape index (κ3) is 3.52. The summed E-state index contributed by atoms with van der Waals surface area (Å²) in [6.07, 6.45) is 5.55. The molecule has 1 aliphatic carbocycles. The largest absolute Gasteiger partial charge is 0.347 e. The number of hydrazine groups is 1. The molecule has 2 amide bonds. The number of hydrogen-bond donors (Lipinski definition) is 2.